The van der Waals surface area contributed by atoms with Crippen LogP contribution in [-0.2, 0) is 6.42 Å². The molecule has 1 aliphatic rings. The Kier molecular flexibility index (Phi) is 1.52. The first-order valence-electron chi connectivity index (χ1n) is 4.70. The highest BCUT2D eigenvalue weighted by Gasteiger charge is 2.25. The van der Waals surface area contributed by atoms with Crippen molar-refractivity contribution < 1.29 is 13.6 Å². The summed E-state index contributed by atoms with van der Waals surface area (Å²) < 4.78 is 26.3. The van der Waals surface area contributed by atoms with Crippen LogP contribution in [-0.4, -0.2) is 10.8 Å². The quantitative estimate of drug-likeness (QED) is 0.707. The van der Waals surface area contributed by atoms with Gasteiger partial charge in [0.05, 0.1) is 11.2 Å². The predicted molar refractivity (Wildman–Crippen MR) is 50.9 cm³/mol. The number of carbonyl (C=O) groups is 1. The molecule has 0 bridgehead atoms. The van der Waals surface area contributed by atoms with Gasteiger partial charge in [0.1, 0.15) is 0 Å². The van der Waals surface area contributed by atoms with E-state index in [1.54, 1.807) is 0 Å². The third kappa shape index (κ3) is 0.988. The van der Waals surface area contributed by atoms with Crippen molar-refractivity contribution in [2.45, 2.75) is 12.8 Å². The molecule has 0 saturated carbocycles. The first kappa shape index (κ1) is 8.59. The Hall–Kier alpha value is -1.71. The molecule has 0 fully saturated rings. The molecular weight excluding hydrogens is 200 g/mol. The number of carbonyl (C=O) groups excluding carboxylic acids is 1. The third-order valence-electron chi connectivity index (χ3n) is 2.85. The Balaban J connectivity index is 2.44. The highest BCUT2D eigenvalue weighted by Crippen LogP contribution is 2.31. The predicted octanol–water partition coefficient (Wildman–Crippen LogP) is 2.58. The van der Waals surface area contributed by atoms with Gasteiger partial charge in [-0.25, -0.2) is 8.78 Å². The number of aromatic nitrogens is 1. The Morgan fingerprint density at radius 2 is 2.00 bits per heavy atom. The van der Waals surface area contributed by atoms with Crippen LogP contribution < -0.4 is 0 Å². The molecule has 0 atom stereocenters. The molecule has 0 unspecified atom stereocenters. The number of hydrogen-bond acceptors (Lipinski definition) is 1. The second-order valence-corrected chi connectivity index (χ2v) is 3.69. The second-order valence-electron chi connectivity index (χ2n) is 3.69. The van der Waals surface area contributed by atoms with Crippen LogP contribution in [0.3, 0.4) is 0 Å². The fourth-order valence-corrected chi connectivity index (χ4v) is 2.12. The van der Waals surface area contributed by atoms with Crippen LogP contribution in [0, 0.1) is 11.6 Å². The average molecular weight is 207 g/mol. The van der Waals surface area contributed by atoms with Crippen LogP contribution in [0.2, 0.25) is 0 Å². The lowest BCUT2D eigenvalue weighted by molar-refractivity contribution is 0.0990. The van der Waals surface area contributed by atoms with Crippen LogP contribution in [0.15, 0.2) is 12.1 Å². The van der Waals surface area contributed by atoms with Crippen molar-refractivity contribution in [3.63, 3.8) is 0 Å². The maximum atomic E-state index is 13.4. The van der Waals surface area contributed by atoms with Crippen molar-refractivity contribution in [2.75, 3.05) is 0 Å². The maximum absolute atomic E-state index is 13.4. The van der Waals surface area contributed by atoms with Gasteiger partial charge < -0.3 is 4.98 Å². The molecule has 3 rings (SSSR count). The number of hydrogen-bond donors (Lipinski definition) is 1. The number of aromatic amines is 1. The minimum absolute atomic E-state index is 0.0268. The number of ketones is 1. The minimum Gasteiger partial charge on any atom is -0.349 e. The van der Waals surface area contributed by atoms with Crippen LogP contribution in [0.1, 0.15) is 22.5 Å². The highest BCUT2D eigenvalue weighted by atomic mass is 19.2. The molecule has 1 aromatic heterocycles. The lowest BCUT2D eigenvalue weighted by Crippen LogP contribution is -1.92. The fraction of sp³-hybridized carbons (Fsp3) is 0.182. The van der Waals surface area contributed by atoms with Crippen LogP contribution in [0.5, 0.6) is 0 Å². The molecule has 1 heterocycles. The summed E-state index contributed by atoms with van der Waals surface area (Å²) in [6.45, 7) is 0. The van der Waals surface area contributed by atoms with E-state index in [-0.39, 0.29) is 11.3 Å². The smallest absolute Gasteiger partial charge is 0.182 e. The summed E-state index contributed by atoms with van der Waals surface area (Å²) in [6, 6.07) is 2.61. The Morgan fingerprint density at radius 3 is 2.80 bits per heavy atom. The number of fused-ring (bicyclic) bond motifs is 3. The molecular formula is C11H7F2NO. The van der Waals surface area contributed by atoms with Gasteiger partial charge in [-0.2, -0.15) is 0 Å². The molecule has 76 valence electrons. The van der Waals surface area contributed by atoms with E-state index in [0.717, 1.165) is 11.6 Å². The van der Waals surface area contributed by atoms with Gasteiger partial charge in [0, 0.05) is 11.8 Å². The van der Waals surface area contributed by atoms with E-state index in [1.807, 2.05) is 0 Å². The van der Waals surface area contributed by atoms with Gasteiger partial charge >= 0.3 is 0 Å². The fourth-order valence-electron chi connectivity index (χ4n) is 2.12. The molecule has 0 saturated heterocycles. The first-order chi connectivity index (χ1) is 7.18. The van der Waals surface area contributed by atoms with Crippen LogP contribution in [0.25, 0.3) is 10.9 Å². The van der Waals surface area contributed by atoms with Crippen molar-refractivity contribution in [3.8, 4) is 0 Å². The van der Waals surface area contributed by atoms with E-state index in [9.17, 15) is 13.6 Å². The first-order valence-corrected chi connectivity index (χ1v) is 4.70. The van der Waals surface area contributed by atoms with E-state index in [2.05, 4.69) is 4.98 Å². The molecule has 1 aromatic carbocycles. The minimum atomic E-state index is -0.908. The standard InChI is InChI=1S/C11H7F2NO/c12-7-3-1-6-5-2-4-8(15)10(5)14-11(6)9(7)13/h1,3,14H,2,4H2. The molecule has 1 aliphatic carbocycles. The van der Waals surface area contributed by atoms with Gasteiger partial charge in [0.25, 0.3) is 0 Å². The summed E-state index contributed by atoms with van der Waals surface area (Å²) in [5.41, 5.74) is 1.36. The molecule has 2 nitrogen and oxygen atoms in total. The van der Waals surface area contributed by atoms with Gasteiger partial charge in [0.2, 0.25) is 0 Å². The molecule has 2 aromatic rings. The van der Waals surface area contributed by atoms with E-state index in [4.69, 9.17) is 0 Å². The zero-order valence-corrected chi connectivity index (χ0v) is 7.73. The normalized spacial score (nSPS) is 14.9. The highest BCUT2D eigenvalue weighted by molar-refractivity contribution is 6.05. The lowest BCUT2D eigenvalue weighted by Gasteiger charge is -1.96. The van der Waals surface area contributed by atoms with Gasteiger partial charge in [0.15, 0.2) is 17.4 Å². The largest absolute Gasteiger partial charge is 0.349 e. The monoisotopic (exact) mass is 207 g/mol. The summed E-state index contributed by atoms with van der Waals surface area (Å²) in [6.07, 6.45) is 1.06. The third-order valence-corrected chi connectivity index (χ3v) is 2.85. The van der Waals surface area contributed by atoms with Crippen molar-refractivity contribution in [3.05, 3.63) is 35.0 Å². The number of aryl methyl sites for hydroxylation is 1. The molecule has 0 spiro atoms. The summed E-state index contributed by atoms with van der Waals surface area (Å²) >= 11 is 0. The van der Waals surface area contributed by atoms with Crippen molar-refractivity contribution in [2.24, 2.45) is 0 Å². The van der Waals surface area contributed by atoms with Crippen LogP contribution >= 0.6 is 0 Å². The Labute approximate surface area is 83.9 Å². The second kappa shape index (κ2) is 2.66. The van der Waals surface area contributed by atoms with Crippen molar-refractivity contribution in [1.82, 2.24) is 4.98 Å². The van der Waals surface area contributed by atoms with Gasteiger partial charge in [-0.05, 0) is 24.1 Å². The summed E-state index contributed by atoms with van der Waals surface area (Å²) in [7, 11) is 0. The molecule has 1 N–H and O–H groups in total. The Bertz CT molecular complexity index is 586. The number of benzene rings is 1. The van der Waals surface area contributed by atoms with E-state index < -0.39 is 11.6 Å². The topological polar surface area (TPSA) is 32.9 Å². The zero-order chi connectivity index (χ0) is 10.6. The number of Topliss-reactive ketones (excluding diaryl/α,β-unsaturated/α-hetero) is 1. The summed E-state index contributed by atoms with van der Waals surface area (Å²) in [4.78, 5) is 14.1. The van der Waals surface area contributed by atoms with E-state index in [0.29, 0.717) is 23.9 Å². The van der Waals surface area contributed by atoms with Gasteiger partial charge in [-0.15, -0.1) is 0 Å². The number of H-pyrrole nitrogens is 1. The van der Waals surface area contributed by atoms with Crippen molar-refractivity contribution in [1.29, 1.82) is 0 Å². The lowest BCUT2D eigenvalue weighted by atomic mass is 10.1. The number of halogens is 2. The molecule has 0 radical (unpaired) electrons. The zero-order valence-electron chi connectivity index (χ0n) is 7.73. The number of rotatable bonds is 0. The SMILES string of the molecule is O=C1CCc2c1[nH]c1c(F)c(F)ccc21. The summed E-state index contributed by atoms with van der Waals surface area (Å²) in [5.74, 6) is -1.83. The molecule has 15 heavy (non-hydrogen) atoms. The average Bonchev–Trinajstić information content (AvgIpc) is 2.74. The molecule has 4 heteroatoms. The maximum Gasteiger partial charge on any atom is 0.182 e. The van der Waals surface area contributed by atoms with E-state index in [1.165, 1.54) is 6.07 Å². The Morgan fingerprint density at radius 1 is 1.20 bits per heavy atom. The summed E-state index contributed by atoms with van der Waals surface area (Å²) in [5, 5.41) is 0.620. The molecule has 0 amide bonds. The van der Waals surface area contributed by atoms with E-state index >= 15 is 0 Å². The van der Waals surface area contributed by atoms with Gasteiger partial charge in [-0.1, -0.05) is 0 Å². The molecule has 0 aliphatic heterocycles. The van der Waals surface area contributed by atoms with Gasteiger partial charge in [-0.3, -0.25) is 4.79 Å². The van der Waals surface area contributed by atoms with Crippen LogP contribution in [0.4, 0.5) is 8.78 Å². The van der Waals surface area contributed by atoms with Crippen molar-refractivity contribution >= 4 is 16.7 Å². The number of nitrogens with one attached hydrogen (secondary N) is 1.